The third kappa shape index (κ3) is 4.98. The molecule has 0 radical (unpaired) electrons. The molecule has 226 valence electrons. The van der Waals surface area contributed by atoms with Crippen LogP contribution in [-0.2, 0) is 21.2 Å². The molecule has 6 heterocycles. The molecule has 0 aromatic carbocycles. The van der Waals surface area contributed by atoms with E-state index in [4.69, 9.17) is 9.97 Å². The Morgan fingerprint density at radius 3 is 2.52 bits per heavy atom. The van der Waals surface area contributed by atoms with Gasteiger partial charge in [0.1, 0.15) is 5.54 Å². The lowest BCUT2D eigenvalue weighted by Gasteiger charge is -2.28. The van der Waals surface area contributed by atoms with Crippen molar-refractivity contribution in [2.75, 3.05) is 38.3 Å². The second kappa shape index (κ2) is 10.6. The number of hydrogen-bond donors (Lipinski definition) is 1. The fraction of sp³-hybridized carbons (Fsp3) is 0.310. The fourth-order valence-corrected chi connectivity index (χ4v) is 6.52. The summed E-state index contributed by atoms with van der Waals surface area (Å²) in [6.07, 6.45) is 6.18. The van der Waals surface area contributed by atoms with Gasteiger partial charge in [-0.05, 0) is 43.7 Å². The Labute approximate surface area is 253 Å². The molecule has 14 nitrogen and oxygen atoms in total. The van der Waals surface area contributed by atoms with Gasteiger partial charge in [-0.1, -0.05) is 0 Å². The van der Waals surface area contributed by atoms with E-state index in [1.807, 2.05) is 17.0 Å². The molecule has 15 heteroatoms. The second-order valence-corrected chi connectivity index (χ2v) is 13.0. The number of carbonyl (C=O) groups excluding carboxylic acids is 3. The first-order chi connectivity index (χ1) is 20.9. The number of rotatable bonds is 6. The Morgan fingerprint density at radius 1 is 1.02 bits per heavy atom. The first-order valence-corrected chi connectivity index (χ1v) is 15.6. The highest BCUT2D eigenvalue weighted by Gasteiger charge is 2.58. The van der Waals surface area contributed by atoms with Crippen molar-refractivity contribution in [3.63, 3.8) is 0 Å². The van der Waals surface area contributed by atoms with E-state index in [0.717, 1.165) is 16.5 Å². The lowest BCUT2D eigenvalue weighted by molar-refractivity contribution is -0.131. The van der Waals surface area contributed by atoms with Crippen LogP contribution in [0.4, 0.5) is 10.7 Å². The summed E-state index contributed by atoms with van der Waals surface area (Å²) in [5, 5.41) is 3.54. The molecule has 1 spiro atoms. The molecular formula is C29H29N9O5S. The van der Waals surface area contributed by atoms with Gasteiger partial charge in [0.05, 0.1) is 51.8 Å². The Hall–Kier alpha value is -5.05. The quantitative estimate of drug-likeness (QED) is 0.312. The molecule has 2 aliphatic heterocycles. The lowest BCUT2D eigenvalue weighted by Crippen LogP contribution is -2.50. The summed E-state index contributed by atoms with van der Waals surface area (Å²) in [6, 6.07) is 8.20. The Balaban J connectivity index is 1.20. The number of urea groups is 1. The number of hydrogen-bond acceptors (Lipinski definition) is 11. The van der Waals surface area contributed by atoms with Gasteiger partial charge in [-0.2, -0.15) is 0 Å². The number of carbonyl (C=O) groups is 3. The molecule has 6 rings (SSSR count). The van der Waals surface area contributed by atoms with Crippen molar-refractivity contribution in [3.8, 4) is 11.4 Å². The van der Waals surface area contributed by atoms with Crippen LogP contribution in [0.2, 0.25) is 0 Å². The first kappa shape index (κ1) is 29.0. The van der Waals surface area contributed by atoms with E-state index < -0.39 is 21.3 Å². The lowest BCUT2D eigenvalue weighted by atomic mass is 9.97. The molecule has 4 amide bonds. The third-order valence-corrected chi connectivity index (χ3v) is 9.33. The van der Waals surface area contributed by atoms with E-state index in [2.05, 4.69) is 20.3 Å². The maximum absolute atomic E-state index is 12.9. The minimum atomic E-state index is -3.53. The Morgan fingerprint density at radius 2 is 1.80 bits per heavy atom. The number of amides is 4. The number of sulfone groups is 1. The molecule has 2 fully saturated rings. The van der Waals surface area contributed by atoms with Crippen LogP contribution in [0.15, 0.2) is 53.8 Å². The third-order valence-electron chi connectivity index (χ3n) is 8.12. The van der Waals surface area contributed by atoms with Gasteiger partial charge in [0.2, 0.25) is 5.95 Å². The smallest absolute Gasteiger partial charge is 0.327 e. The largest absolute Gasteiger partial charge is 0.346 e. The van der Waals surface area contributed by atoms with E-state index in [9.17, 15) is 22.8 Å². The molecule has 1 N–H and O–H groups in total. The van der Waals surface area contributed by atoms with Gasteiger partial charge in [-0.15, -0.1) is 0 Å². The van der Waals surface area contributed by atoms with Crippen LogP contribution in [-0.4, -0.2) is 100.0 Å². The average molecular weight is 616 g/mol. The van der Waals surface area contributed by atoms with Crippen molar-refractivity contribution in [3.05, 3.63) is 65.9 Å². The number of likely N-dealkylation sites (N-methyl/N-ethyl adjacent to an activating group) is 2. The topological polar surface area (TPSA) is 172 Å². The van der Waals surface area contributed by atoms with Gasteiger partial charge >= 0.3 is 6.03 Å². The standard InChI is InChI=1S/C29H29N9O5S/c1-17-24(44(4,42)43)11-19(14-31-17)25(39)33-15-20-12-23-18(13-32-20)5-6-21(34-23)22-7-9-30-27(35-22)38-10-8-29(16-38)26(40)36(2)28(41)37(29)3/h5-7,9,11-14H,8,10,15-16H2,1-4H3,(H,33,39)/t29-/m1/s1. The van der Waals surface area contributed by atoms with Crippen LogP contribution in [0.25, 0.3) is 22.3 Å². The van der Waals surface area contributed by atoms with Crippen molar-refractivity contribution in [1.82, 2.24) is 40.0 Å². The number of pyridine rings is 3. The number of imide groups is 1. The summed E-state index contributed by atoms with van der Waals surface area (Å²) in [6.45, 7) is 2.46. The van der Waals surface area contributed by atoms with Crippen LogP contribution < -0.4 is 10.2 Å². The number of aryl methyl sites for hydroxylation is 1. The molecule has 4 aromatic heterocycles. The number of aromatic nitrogens is 5. The van der Waals surface area contributed by atoms with Crippen LogP contribution >= 0.6 is 0 Å². The first-order valence-electron chi connectivity index (χ1n) is 13.7. The fourth-order valence-electron chi connectivity index (χ4n) is 5.59. The highest BCUT2D eigenvalue weighted by molar-refractivity contribution is 7.90. The van der Waals surface area contributed by atoms with Crippen molar-refractivity contribution in [2.45, 2.75) is 30.3 Å². The van der Waals surface area contributed by atoms with Crippen molar-refractivity contribution in [2.24, 2.45) is 0 Å². The second-order valence-electron chi connectivity index (χ2n) is 11.0. The van der Waals surface area contributed by atoms with Crippen molar-refractivity contribution in [1.29, 1.82) is 0 Å². The molecule has 0 bridgehead atoms. The normalized spacial score (nSPS) is 18.6. The van der Waals surface area contributed by atoms with Gasteiger partial charge in [0.25, 0.3) is 11.8 Å². The minimum Gasteiger partial charge on any atom is -0.346 e. The van der Waals surface area contributed by atoms with Crippen molar-refractivity contribution < 1.29 is 22.8 Å². The molecule has 0 unspecified atom stereocenters. The van der Waals surface area contributed by atoms with E-state index >= 15 is 0 Å². The van der Waals surface area contributed by atoms with Crippen molar-refractivity contribution >= 4 is 44.5 Å². The van der Waals surface area contributed by atoms with E-state index in [1.165, 1.54) is 24.2 Å². The molecule has 0 aliphatic carbocycles. The van der Waals surface area contributed by atoms with Crippen LogP contribution in [0.1, 0.15) is 28.2 Å². The van der Waals surface area contributed by atoms with E-state index in [1.54, 1.807) is 38.5 Å². The molecule has 2 aliphatic rings. The summed E-state index contributed by atoms with van der Waals surface area (Å²) < 4.78 is 24.0. The number of anilines is 1. The predicted octanol–water partition coefficient (Wildman–Crippen LogP) is 1.60. The average Bonchev–Trinajstić information content (AvgIpc) is 3.53. The Bertz CT molecular complexity index is 1970. The zero-order chi connectivity index (χ0) is 31.4. The van der Waals surface area contributed by atoms with Crippen LogP contribution in [0.5, 0.6) is 0 Å². The predicted molar refractivity (Wildman–Crippen MR) is 159 cm³/mol. The van der Waals surface area contributed by atoms with E-state index in [0.29, 0.717) is 53.8 Å². The van der Waals surface area contributed by atoms with Crippen LogP contribution in [0.3, 0.4) is 0 Å². The summed E-state index contributed by atoms with van der Waals surface area (Å²) >= 11 is 0. The highest BCUT2D eigenvalue weighted by Crippen LogP contribution is 2.36. The van der Waals surface area contributed by atoms with Gasteiger partial charge < -0.3 is 15.1 Å². The van der Waals surface area contributed by atoms with Gasteiger partial charge in [0.15, 0.2) is 9.84 Å². The zero-order valence-electron chi connectivity index (χ0n) is 24.5. The molecule has 2 saturated heterocycles. The maximum Gasteiger partial charge on any atom is 0.327 e. The van der Waals surface area contributed by atoms with Crippen LogP contribution in [0, 0.1) is 6.92 Å². The summed E-state index contributed by atoms with van der Waals surface area (Å²) in [4.78, 5) is 65.0. The summed E-state index contributed by atoms with van der Waals surface area (Å²) in [7, 11) is -0.394. The monoisotopic (exact) mass is 615 g/mol. The number of nitrogens with zero attached hydrogens (tertiary/aromatic N) is 8. The van der Waals surface area contributed by atoms with E-state index in [-0.39, 0.29) is 28.9 Å². The highest BCUT2D eigenvalue weighted by atomic mass is 32.2. The SMILES string of the molecule is Cc1ncc(C(=O)NCc2cc3nc(-c4ccnc(N5CC[C@@]6(C5)C(=O)N(C)C(=O)N6C)n4)ccc3cn2)cc1S(C)(=O)=O. The Kier molecular flexibility index (Phi) is 6.99. The number of fused-ring (bicyclic) bond motifs is 1. The summed E-state index contributed by atoms with van der Waals surface area (Å²) in [5.74, 6) is -0.272. The molecular weight excluding hydrogens is 586 g/mol. The van der Waals surface area contributed by atoms with Gasteiger partial charge in [-0.3, -0.25) is 24.5 Å². The maximum atomic E-state index is 12.9. The minimum absolute atomic E-state index is 0.00453. The summed E-state index contributed by atoms with van der Waals surface area (Å²) in [5.41, 5.74) is 1.88. The molecule has 44 heavy (non-hydrogen) atoms. The van der Waals surface area contributed by atoms with Gasteiger partial charge in [0, 0.05) is 50.9 Å². The van der Waals surface area contributed by atoms with Gasteiger partial charge in [-0.25, -0.2) is 28.2 Å². The molecule has 1 atom stereocenters. The zero-order valence-corrected chi connectivity index (χ0v) is 25.3. The molecule has 0 saturated carbocycles. The molecule has 4 aromatic rings. The number of nitrogens with one attached hydrogen (secondary N) is 1.